The SMILES string of the molecule is CCNC(=O)CN(CC)C(=O)NCc1cccnc1N1CCCCC1. The summed E-state index contributed by atoms with van der Waals surface area (Å²) in [7, 11) is 0. The van der Waals surface area contributed by atoms with Crippen LogP contribution >= 0.6 is 0 Å². The van der Waals surface area contributed by atoms with Crippen molar-refractivity contribution in [3.63, 3.8) is 0 Å². The lowest BCUT2D eigenvalue weighted by atomic mass is 10.1. The van der Waals surface area contributed by atoms with Gasteiger partial charge < -0.3 is 20.4 Å². The highest BCUT2D eigenvalue weighted by atomic mass is 16.2. The topological polar surface area (TPSA) is 77.6 Å². The van der Waals surface area contributed by atoms with Gasteiger partial charge in [0, 0.05) is 44.5 Å². The van der Waals surface area contributed by atoms with Crippen molar-refractivity contribution in [2.45, 2.75) is 39.7 Å². The minimum atomic E-state index is -0.234. The first-order valence-corrected chi connectivity index (χ1v) is 9.14. The summed E-state index contributed by atoms with van der Waals surface area (Å²) >= 11 is 0. The predicted octanol–water partition coefficient (Wildman–Crippen LogP) is 1.74. The van der Waals surface area contributed by atoms with Gasteiger partial charge in [0.15, 0.2) is 0 Å². The van der Waals surface area contributed by atoms with Crippen LogP contribution < -0.4 is 15.5 Å². The van der Waals surface area contributed by atoms with Crippen LogP contribution in [0.15, 0.2) is 18.3 Å². The van der Waals surface area contributed by atoms with Crippen molar-refractivity contribution in [3.05, 3.63) is 23.9 Å². The van der Waals surface area contributed by atoms with E-state index in [1.54, 1.807) is 6.20 Å². The summed E-state index contributed by atoms with van der Waals surface area (Å²) in [5.74, 6) is 0.809. The Labute approximate surface area is 149 Å². The van der Waals surface area contributed by atoms with E-state index in [0.717, 1.165) is 24.5 Å². The minimum Gasteiger partial charge on any atom is -0.356 e. The van der Waals surface area contributed by atoms with Crippen molar-refractivity contribution >= 4 is 17.8 Å². The minimum absolute atomic E-state index is 0.0716. The number of anilines is 1. The van der Waals surface area contributed by atoms with Gasteiger partial charge in [-0.05, 0) is 39.2 Å². The van der Waals surface area contributed by atoms with Gasteiger partial charge >= 0.3 is 6.03 Å². The van der Waals surface area contributed by atoms with Gasteiger partial charge in [-0.2, -0.15) is 0 Å². The number of carbonyl (C=O) groups excluding carboxylic acids is 2. The van der Waals surface area contributed by atoms with Gasteiger partial charge in [0.1, 0.15) is 12.4 Å². The third-order valence-corrected chi connectivity index (χ3v) is 4.33. The molecule has 1 aromatic heterocycles. The van der Waals surface area contributed by atoms with Crippen LogP contribution in [0.5, 0.6) is 0 Å². The van der Waals surface area contributed by atoms with Crippen molar-refractivity contribution in [1.29, 1.82) is 0 Å². The number of pyridine rings is 1. The molecular formula is C18H29N5O2. The van der Waals surface area contributed by atoms with E-state index >= 15 is 0 Å². The Bertz CT molecular complexity index is 572. The van der Waals surface area contributed by atoms with Gasteiger partial charge in [-0.15, -0.1) is 0 Å². The van der Waals surface area contributed by atoms with E-state index in [1.165, 1.54) is 24.2 Å². The second-order valence-corrected chi connectivity index (χ2v) is 6.16. The molecule has 25 heavy (non-hydrogen) atoms. The summed E-state index contributed by atoms with van der Waals surface area (Å²) in [6.45, 7) is 7.27. The van der Waals surface area contributed by atoms with Crippen LogP contribution in [0.25, 0.3) is 0 Å². The van der Waals surface area contributed by atoms with Crippen molar-refractivity contribution in [2.24, 2.45) is 0 Å². The summed E-state index contributed by atoms with van der Waals surface area (Å²) < 4.78 is 0. The maximum Gasteiger partial charge on any atom is 0.318 e. The van der Waals surface area contributed by atoms with Crippen LogP contribution in [0.4, 0.5) is 10.6 Å². The lowest BCUT2D eigenvalue weighted by Gasteiger charge is -2.29. The van der Waals surface area contributed by atoms with Gasteiger partial charge in [-0.1, -0.05) is 6.07 Å². The molecular weight excluding hydrogens is 318 g/mol. The van der Waals surface area contributed by atoms with Crippen LogP contribution in [0, 0.1) is 0 Å². The van der Waals surface area contributed by atoms with E-state index in [0.29, 0.717) is 19.6 Å². The molecule has 138 valence electrons. The van der Waals surface area contributed by atoms with Crippen LogP contribution in [0.2, 0.25) is 0 Å². The molecule has 1 aliphatic heterocycles. The molecule has 2 heterocycles. The number of nitrogens with zero attached hydrogens (tertiary/aromatic N) is 3. The number of hydrogen-bond acceptors (Lipinski definition) is 4. The summed E-state index contributed by atoms with van der Waals surface area (Å²) in [5, 5.41) is 5.63. The molecule has 1 fully saturated rings. The molecule has 3 amide bonds. The second-order valence-electron chi connectivity index (χ2n) is 6.16. The largest absolute Gasteiger partial charge is 0.356 e. The number of aromatic nitrogens is 1. The molecule has 2 N–H and O–H groups in total. The van der Waals surface area contributed by atoms with Crippen LogP contribution in [0.1, 0.15) is 38.7 Å². The van der Waals surface area contributed by atoms with Crippen molar-refractivity contribution in [1.82, 2.24) is 20.5 Å². The number of likely N-dealkylation sites (N-methyl/N-ethyl adjacent to an activating group) is 2. The molecule has 0 bridgehead atoms. The number of rotatable bonds is 7. The molecule has 0 atom stereocenters. The third-order valence-electron chi connectivity index (χ3n) is 4.33. The zero-order valence-corrected chi connectivity index (χ0v) is 15.3. The molecule has 1 aliphatic rings. The smallest absolute Gasteiger partial charge is 0.318 e. The monoisotopic (exact) mass is 347 g/mol. The Morgan fingerprint density at radius 3 is 2.64 bits per heavy atom. The second kappa shape index (κ2) is 9.86. The highest BCUT2D eigenvalue weighted by Gasteiger charge is 2.18. The molecule has 7 nitrogen and oxygen atoms in total. The first-order valence-electron chi connectivity index (χ1n) is 9.14. The lowest BCUT2D eigenvalue weighted by molar-refractivity contribution is -0.121. The van der Waals surface area contributed by atoms with E-state index in [9.17, 15) is 9.59 Å². The zero-order valence-electron chi connectivity index (χ0n) is 15.3. The van der Waals surface area contributed by atoms with Crippen molar-refractivity contribution < 1.29 is 9.59 Å². The summed E-state index contributed by atoms with van der Waals surface area (Å²) in [4.78, 5) is 32.4. The summed E-state index contributed by atoms with van der Waals surface area (Å²) in [6.07, 6.45) is 5.42. The maximum absolute atomic E-state index is 12.4. The van der Waals surface area contributed by atoms with Crippen LogP contribution in [0.3, 0.4) is 0 Å². The van der Waals surface area contributed by atoms with E-state index in [2.05, 4.69) is 20.5 Å². The number of urea groups is 1. The zero-order chi connectivity index (χ0) is 18.1. The average molecular weight is 347 g/mol. The van der Waals surface area contributed by atoms with Gasteiger partial charge in [0.05, 0.1) is 0 Å². The van der Waals surface area contributed by atoms with Crippen molar-refractivity contribution in [2.75, 3.05) is 37.6 Å². The fourth-order valence-electron chi connectivity index (χ4n) is 2.99. The Balaban J connectivity index is 1.95. The van der Waals surface area contributed by atoms with Crippen LogP contribution in [-0.4, -0.2) is 54.5 Å². The fraction of sp³-hybridized carbons (Fsp3) is 0.611. The molecule has 1 aromatic rings. The Morgan fingerprint density at radius 1 is 1.20 bits per heavy atom. The molecule has 0 aromatic carbocycles. The first-order chi connectivity index (χ1) is 12.2. The number of hydrogen-bond donors (Lipinski definition) is 2. The number of amides is 3. The van der Waals surface area contributed by atoms with Gasteiger partial charge in [-0.25, -0.2) is 9.78 Å². The molecule has 7 heteroatoms. The normalized spacial score (nSPS) is 14.1. The van der Waals surface area contributed by atoms with Gasteiger partial charge in [0.2, 0.25) is 5.91 Å². The number of carbonyl (C=O) groups is 2. The average Bonchev–Trinajstić information content (AvgIpc) is 2.65. The lowest BCUT2D eigenvalue weighted by Crippen LogP contribution is -2.45. The molecule has 0 spiro atoms. The molecule has 2 rings (SSSR count). The van der Waals surface area contributed by atoms with Crippen LogP contribution in [-0.2, 0) is 11.3 Å². The molecule has 0 aliphatic carbocycles. The Morgan fingerprint density at radius 2 is 1.96 bits per heavy atom. The quantitative estimate of drug-likeness (QED) is 0.788. The number of nitrogens with one attached hydrogen (secondary N) is 2. The summed E-state index contributed by atoms with van der Waals surface area (Å²) in [5.41, 5.74) is 1.01. The molecule has 0 saturated carbocycles. The van der Waals surface area contributed by atoms with E-state index in [-0.39, 0.29) is 18.5 Å². The molecule has 1 saturated heterocycles. The molecule has 0 unspecified atom stereocenters. The first kappa shape index (κ1) is 19.0. The van der Waals surface area contributed by atoms with Gasteiger partial charge in [0.25, 0.3) is 0 Å². The Hall–Kier alpha value is -2.31. The maximum atomic E-state index is 12.4. The predicted molar refractivity (Wildman–Crippen MR) is 98.5 cm³/mol. The number of piperidine rings is 1. The summed E-state index contributed by atoms with van der Waals surface area (Å²) in [6, 6.07) is 3.65. The fourth-order valence-corrected chi connectivity index (χ4v) is 2.99. The molecule has 0 radical (unpaired) electrons. The van der Waals surface area contributed by atoms with E-state index in [4.69, 9.17) is 0 Å². The Kier molecular flexibility index (Phi) is 7.50. The standard InChI is InChI=1S/C18H29N5O2/c1-3-19-16(24)14-22(4-2)18(25)21-13-15-9-8-10-20-17(15)23-11-6-5-7-12-23/h8-10H,3-7,11-14H2,1-2H3,(H,19,24)(H,21,25). The van der Waals surface area contributed by atoms with Crippen molar-refractivity contribution in [3.8, 4) is 0 Å². The highest BCUT2D eigenvalue weighted by molar-refractivity contribution is 5.84. The highest BCUT2D eigenvalue weighted by Crippen LogP contribution is 2.21. The third kappa shape index (κ3) is 5.62. The van der Waals surface area contributed by atoms with Gasteiger partial charge in [-0.3, -0.25) is 4.79 Å². The van der Waals surface area contributed by atoms with E-state index in [1.807, 2.05) is 26.0 Å². The van der Waals surface area contributed by atoms with E-state index < -0.39 is 0 Å².